The maximum atomic E-state index is 12.4. The highest BCUT2D eigenvalue weighted by atomic mass is 16.4. The summed E-state index contributed by atoms with van der Waals surface area (Å²) in [5.41, 5.74) is 1.93. The predicted octanol–water partition coefficient (Wildman–Crippen LogP) is 1.37. The number of para-hydroxylation sites is 1. The topological polar surface area (TPSA) is 89.9 Å². The molecule has 3 N–H and O–H groups in total. The molecule has 0 spiro atoms. The van der Waals surface area contributed by atoms with Crippen LogP contribution in [0.15, 0.2) is 24.3 Å². The second-order valence-electron chi connectivity index (χ2n) is 5.09. The standard InChI is InChI=1S/C15H20N2O4/c18-10-8-12(14(19)20)16-15(21)17-9-4-3-6-11-5-1-2-7-13(11)17/h1-2,5,7,12,18H,3-4,6,8-10H2,(H,16,21)(H,19,20). The molecule has 0 fully saturated rings. The van der Waals surface area contributed by atoms with Gasteiger partial charge in [-0.2, -0.15) is 0 Å². The molecule has 6 nitrogen and oxygen atoms in total. The molecule has 2 rings (SSSR count). The summed E-state index contributed by atoms with van der Waals surface area (Å²) in [6, 6.07) is 6.17. The molecule has 21 heavy (non-hydrogen) atoms. The fraction of sp³-hybridized carbons (Fsp3) is 0.467. The van der Waals surface area contributed by atoms with Crippen LogP contribution >= 0.6 is 0 Å². The molecule has 0 aromatic heterocycles. The first kappa shape index (κ1) is 15.3. The second-order valence-corrected chi connectivity index (χ2v) is 5.09. The highest BCUT2D eigenvalue weighted by Crippen LogP contribution is 2.26. The van der Waals surface area contributed by atoms with Crippen molar-refractivity contribution in [3.8, 4) is 0 Å². The van der Waals surface area contributed by atoms with Gasteiger partial charge in [0.2, 0.25) is 0 Å². The number of nitrogens with zero attached hydrogens (tertiary/aromatic N) is 1. The molecule has 1 aliphatic heterocycles. The van der Waals surface area contributed by atoms with Crippen LogP contribution in [0, 0.1) is 0 Å². The summed E-state index contributed by atoms with van der Waals surface area (Å²) in [4.78, 5) is 25.0. The average Bonchev–Trinajstić information content (AvgIpc) is 2.69. The van der Waals surface area contributed by atoms with Crippen molar-refractivity contribution in [1.29, 1.82) is 0 Å². The molecular weight excluding hydrogens is 272 g/mol. The summed E-state index contributed by atoms with van der Waals surface area (Å²) in [6.45, 7) is 0.280. The number of hydrogen-bond acceptors (Lipinski definition) is 3. The normalized spacial score (nSPS) is 15.8. The van der Waals surface area contributed by atoms with E-state index in [1.54, 1.807) is 4.90 Å². The largest absolute Gasteiger partial charge is 0.480 e. The van der Waals surface area contributed by atoms with Crippen molar-refractivity contribution >= 4 is 17.7 Å². The minimum atomic E-state index is -1.14. The molecule has 114 valence electrons. The van der Waals surface area contributed by atoms with Crippen molar-refractivity contribution in [2.75, 3.05) is 18.1 Å². The molecule has 0 bridgehead atoms. The van der Waals surface area contributed by atoms with E-state index in [0.29, 0.717) is 6.54 Å². The van der Waals surface area contributed by atoms with Crippen LogP contribution in [0.2, 0.25) is 0 Å². The van der Waals surface area contributed by atoms with E-state index in [-0.39, 0.29) is 13.0 Å². The van der Waals surface area contributed by atoms with Crippen molar-refractivity contribution in [1.82, 2.24) is 5.32 Å². The highest BCUT2D eigenvalue weighted by Gasteiger charge is 2.25. The maximum absolute atomic E-state index is 12.4. The third-order valence-corrected chi connectivity index (χ3v) is 3.62. The van der Waals surface area contributed by atoms with Gasteiger partial charge >= 0.3 is 12.0 Å². The fourth-order valence-corrected chi connectivity index (χ4v) is 2.52. The van der Waals surface area contributed by atoms with E-state index < -0.39 is 18.0 Å². The first-order chi connectivity index (χ1) is 10.1. The number of aliphatic carboxylic acids is 1. The van der Waals surface area contributed by atoms with E-state index in [4.69, 9.17) is 10.2 Å². The molecule has 1 atom stereocenters. The molecule has 2 amide bonds. The molecule has 0 saturated carbocycles. The highest BCUT2D eigenvalue weighted by molar-refractivity contribution is 5.95. The number of carboxylic acid groups (broad SMARTS) is 1. The van der Waals surface area contributed by atoms with Gasteiger partial charge in [0.25, 0.3) is 0 Å². The minimum absolute atomic E-state index is 0.00341. The number of nitrogens with one attached hydrogen (secondary N) is 1. The van der Waals surface area contributed by atoms with Gasteiger partial charge in [0.05, 0.1) is 0 Å². The minimum Gasteiger partial charge on any atom is -0.480 e. The number of amides is 2. The van der Waals surface area contributed by atoms with E-state index in [2.05, 4.69) is 5.32 Å². The van der Waals surface area contributed by atoms with Gasteiger partial charge in [0, 0.05) is 25.3 Å². The smallest absolute Gasteiger partial charge is 0.326 e. The van der Waals surface area contributed by atoms with E-state index in [9.17, 15) is 9.59 Å². The summed E-state index contributed by atoms with van der Waals surface area (Å²) >= 11 is 0. The van der Waals surface area contributed by atoms with Gasteiger partial charge < -0.3 is 15.5 Å². The number of urea groups is 1. The number of aliphatic hydroxyl groups excluding tert-OH is 1. The van der Waals surface area contributed by atoms with Gasteiger partial charge in [-0.3, -0.25) is 4.90 Å². The predicted molar refractivity (Wildman–Crippen MR) is 78.4 cm³/mol. The van der Waals surface area contributed by atoms with Crippen LogP contribution in [0.5, 0.6) is 0 Å². The Morgan fingerprint density at radius 2 is 2.05 bits per heavy atom. The maximum Gasteiger partial charge on any atom is 0.326 e. The number of aryl methyl sites for hydroxylation is 1. The molecule has 0 saturated heterocycles. The zero-order chi connectivity index (χ0) is 15.2. The molecule has 0 radical (unpaired) electrons. The van der Waals surface area contributed by atoms with Crippen molar-refractivity contribution in [2.45, 2.75) is 31.7 Å². The number of benzene rings is 1. The Labute approximate surface area is 123 Å². The van der Waals surface area contributed by atoms with Crippen molar-refractivity contribution in [3.63, 3.8) is 0 Å². The number of carbonyl (C=O) groups is 2. The molecule has 0 aliphatic carbocycles. The number of hydrogen-bond donors (Lipinski definition) is 3. The lowest BCUT2D eigenvalue weighted by atomic mass is 10.1. The monoisotopic (exact) mass is 292 g/mol. The fourth-order valence-electron chi connectivity index (χ4n) is 2.52. The Hall–Kier alpha value is -2.08. The van der Waals surface area contributed by atoms with Crippen LogP contribution in [0.25, 0.3) is 0 Å². The quantitative estimate of drug-likeness (QED) is 0.782. The SMILES string of the molecule is O=C(O)C(CCO)NC(=O)N1CCCCc2ccccc21. The molecule has 1 aromatic rings. The van der Waals surface area contributed by atoms with Gasteiger partial charge in [-0.15, -0.1) is 0 Å². The number of anilines is 1. The van der Waals surface area contributed by atoms with Gasteiger partial charge in [0.1, 0.15) is 6.04 Å². The first-order valence-corrected chi connectivity index (χ1v) is 7.13. The molecule has 1 unspecified atom stereocenters. The van der Waals surface area contributed by atoms with E-state index >= 15 is 0 Å². The zero-order valence-electron chi connectivity index (χ0n) is 11.8. The lowest BCUT2D eigenvalue weighted by molar-refractivity contribution is -0.139. The Bertz CT molecular complexity index is 518. The third-order valence-electron chi connectivity index (χ3n) is 3.62. The molecular formula is C15H20N2O4. The number of rotatable bonds is 4. The molecule has 1 aromatic carbocycles. The number of aliphatic hydroxyl groups is 1. The van der Waals surface area contributed by atoms with Crippen LogP contribution in [0.1, 0.15) is 24.8 Å². The molecule has 6 heteroatoms. The van der Waals surface area contributed by atoms with Crippen LogP contribution in [-0.2, 0) is 11.2 Å². The number of fused-ring (bicyclic) bond motifs is 1. The van der Waals surface area contributed by atoms with Crippen molar-refractivity contribution in [2.24, 2.45) is 0 Å². The lowest BCUT2D eigenvalue weighted by Crippen LogP contribution is -2.48. The Kier molecular flexibility index (Phi) is 5.16. The summed E-state index contributed by atoms with van der Waals surface area (Å²) in [5.74, 6) is -1.14. The summed E-state index contributed by atoms with van der Waals surface area (Å²) in [7, 11) is 0. The van der Waals surface area contributed by atoms with Crippen LogP contribution in [-0.4, -0.2) is 41.4 Å². The lowest BCUT2D eigenvalue weighted by Gasteiger charge is -2.25. The summed E-state index contributed by atoms with van der Waals surface area (Å²) < 4.78 is 0. The zero-order valence-corrected chi connectivity index (χ0v) is 11.8. The average molecular weight is 292 g/mol. The van der Waals surface area contributed by atoms with Gasteiger partial charge in [0.15, 0.2) is 0 Å². The molecule has 1 aliphatic rings. The number of carbonyl (C=O) groups excluding carboxylic acids is 1. The first-order valence-electron chi connectivity index (χ1n) is 7.13. The van der Waals surface area contributed by atoms with E-state index in [1.807, 2.05) is 24.3 Å². The summed E-state index contributed by atoms with van der Waals surface area (Å²) in [6.07, 6.45) is 2.79. The third kappa shape index (κ3) is 3.72. The Balaban J connectivity index is 2.16. The van der Waals surface area contributed by atoms with E-state index in [1.165, 1.54) is 0 Å². The Morgan fingerprint density at radius 1 is 1.29 bits per heavy atom. The van der Waals surface area contributed by atoms with E-state index in [0.717, 1.165) is 30.5 Å². The number of carboxylic acids is 1. The van der Waals surface area contributed by atoms with Crippen LogP contribution < -0.4 is 10.2 Å². The van der Waals surface area contributed by atoms with Gasteiger partial charge in [-0.25, -0.2) is 9.59 Å². The summed E-state index contributed by atoms with van der Waals surface area (Å²) in [5, 5.41) is 20.4. The Morgan fingerprint density at radius 3 is 2.76 bits per heavy atom. The van der Waals surface area contributed by atoms with Gasteiger partial charge in [-0.05, 0) is 30.9 Å². The van der Waals surface area contributed by atoms with Crippen molar-refractivity contribution < 1.29 is 19.8 Å². The van der Waals surface area contributed by atoms with Gasteiger partial charge in [-0.1, -0.05) is 18.2 Å². The van der Waals surface area contributed by atoms with Crippen molar-refractivity contribution in [3.05, 3.63) is 29.8 Å². The molecule has 1 heterocycles. The van der Waals surface area contributed by atoms with Crippen LogP contribution in [0.4, 0.5) is 10.5 Å². The van der Waals surface area contributed by atoms with Crippen LogP contribution in [0.3, 0.4) is 0 Å². The second kappa shape index (κ2) is 7.08.